The van der Waals surface area contributed by atoms with Crippen LogP contribution < -0.4 is 11.3 Å². The molecule has 1 fully saturated rings. The Morgan fingerprint density at radius 1 is 1.50 bits per heavy atom. The summed E-state index contributed by atoms with van der Waals surface area (Å²) in [5.74, 6) is 5.68. The second-order valence-electron chi connectivity index (χ2n) is 4.60. The maximum Gasteiger partial charge on any atom is 0.262 e. The van der Waals surface area contributed by atoms with Gasteiger partial charge in [0.05, 0.1) is 6.10 Å². The predicted molar refractivity (Wildman–Crippen MR) is 63.5 cm³/mol. The van der Waals surface area contributed by atoms with Crippen molar-refractivity contribution in [2.45, 2.75) is 64.6 Å². The molecule has 1 rings (SSSR count). The van der Waals surface area contributed by atoms with E-state index in [0.29, 0.717) is 6.42 Å². The van der Waals surface area contributed by atoms with Gasteiger partial charge in [-0.25, -0.2) is 5.84 Å². The van der Waals surface area contributed by atoms with Gasteiger partial charge in [0, 0.05) is 0 Å². The lowest BCUT2D eigenvalue weighted by atomic mass is 9.85. The molecule has 4 heteroatoms. The molecule has 0 aliphatic heterocycles. The summed E-state index contributed by atoms with van der Waals surface area (Å²) in [5.41, 5.74) is 2.17. The SMILES string of the molecule is CCC1CCCC(OC(CC)C(=O)NN)C1. The molecule has 0 bridgehead atoms. The Balaban J connectivity index is 2.42. The molecule has 1 aliphatic rings. The summed E-state index contributed by atoms with van der Waals surface area (Å²) in [4.78, 5) is 11.4. The molecule has 1 aliphatic carbocycles. The van der Waals surface area contributed by atoms with Crippen molar-refractivity contribution >= 4 is 5.91 Å². The number of carbonyl (C=O) groups is 1. The number of ether oxygens (including phenoxy) is 1. The monoisotopic (exact) mass is 228 g/mol. The molecule has 0 spiro atoms. The van der Waals surface area contributed by atoms with Gasteiger partial charge in [-0.15, -0.1) is 0 Å². The number of hydrogen-bond donors (Lipinski definition) is 2. The van der Waals surface area contributed by atoms with E-state index < -0.39 is 0 Å². The van der Waals surface area contributed by atoms with E-state index in [1.807, 2.05) is 6.92 Å². The van der Waals surface area contributed by atoms with E-state index in [-0.39, 0.29) is 18.1 Å². The van der Waals surface area contributed by atoms with E-state index in [4.69, 9.17) is 10.6 Å². The summed E-state index contributed by atoms with van der Waals surface area (Å²) in [5, 5.41) is 0. The summed E-state index contributed by atoms with van der Waals surface area (Å²) in [6, 6.07) is 0. The highest BCUT2D eigenvalue weighted by molar-refractivity contribution is 5.80. The van der Waals surface area contributed by atoms with Crippen LogP contribution in [0.4, 0.5) is 0 Å². The normalized spacial score (nSPS) is 27.4. The molecule has 0 radical (unpaired) electrons. The first-order valence-corrected chi connectivity index (χ1v) is 6.37. The van der Waals surface area contributed by atoms with Gasteiger partial charge < -0.3 is 4.74 Å². The van der Waals surface area contributed by atoms with Gasteiger partial charge in [-0.05, 0) is 25.2 Å². The third-order valence-electron chi connectivity index (χ3n) is 3.47. The van der Waals surface area contributed by atoms with E-state index >= 15 is 0 Å². The topological polar surface area (TPSA) is 64.3 Å². The first-order chi connectivity index (χ1) is 7.71. The van der Waals surface area contributed by atoms with Crippen molar-refractivity contribution in [2.24, 2.45) is 11.8 Å². The van der Waals surface area contributed by atoms with Gasteiger partial charge in [-0.3, -0.25) is 10.2 Å². The van der Waals surface area contributed by atoms with E-state index in [2.05, 4.69) is 12.3 Å². The molecule has 0 heterocycles. The number of nitrogens with one attached hydrogen (secondary N) is 1. The average Bonchev–Trinajstić information content (AvgIpc) is 2.35. The highest BCUT2D eigenvalue weighted by Crippen LogP contribution is 2.29. The van der Waals surface area contributed by atoms with E-state index in [1.54, 1.807) is 0 Å². The molecule has 94 valence electrons. The molecule has 16 heavy (non-hydrogen) atoms. The Kier molecular flexibility index (Phi) is 5.77. The second-order valence-corrected chi connectivity index (χ2v) is 4.60. The maximum atomic E-state index is 11.4. The number of nitrogens with two attached hydrogens (primary N) is 1. The molecular weight excluding hydrogens is 204 g/mol. The number of hydrazine groups is 1. The Morgan fingerprint density at radius 3 is 2.81 bits per heavy atom. The van der Waals surface area contributed by atoms with E-state index in [0.717, 1.165) is 18.8 Å². The zero-order chi connectivity index (χ0) is 12.0. The Labute approximate surface area is 97.9 Å². The number of hydrogen-bond acceptors (Lipinski definition) is 3. The van der Waals surface area contributed by atoms with Crippen LogP contribution in [0.3, 0.4) is 0 Å². The van der Waals surface area contributed by atoms with Crippen LogP contribution in [0.2, 0.25) is 0 Å². The highest BCUT2D eigenvalue weighted by atomic mass is 16.5. The van der Waals surface area contributed by atoms with Crippen LogP contribution in [0.5, 0.6) is 0 Å². The van der Waals surface area contributed by atoms with Crippen molar-refractivity contribution in [3.63, 3.8) is 0 Å². The summed E-state index contributed by atoms with van der Waals surface area (Å²) in [6.45, 7) is 4.16. The average molecular weight is 228 g/mol. The van der Waals surface area contributed by atoms with Gasteiger partial charge in [-0.1, -0.05) is 33.1 Å². The minimum absolute atomic E-state index is 0.207. The molecule has 1 amide bonds. The molecule has 0 aromatic carbocycles. The van der Waals surface area contributed by atoms with Gasteiger partial charge in [-0.2, -0.15) is 0 Å². The summed E-state index contributed by atoms with van der Waals surface area (Å²) >= 11 is 0. The maximum absolute atomic E-state index is 11.4. The third kappa shape index (κ3) is 3.76. The fourth-order valence-electron chi connectivity index (χ4n) is 2.40. The lowest BCUT2D eigenvalue weighted by Crippen LogP contribution is -2.42. The minimum atomic E-state index is -0.384. The van der Waals surface area contributed by atoms with Crippen molar-refractivity contribution in [3.8, 4) is 0 Å². The Hall–Kier alpha value is -0.610. The molecule has 0 saturated heterocycles. The number of rotatable bonds is 5. The van der Waals surface area contributed by atoms with Gasteiger partial charge >= 0.3 is 0 Å². The Bertz CT molecular complexity index is 221. The van der Waals surface area contributed by atoms with Gasteiger partial charge in [0.1, 0.15) is 6.10 Å². The first kappa shape index (κ1) is 13.5. The van der Waals surface area contributed by atoms with Crippen molar-refractivity contribution in [1.29, 1.82) is 0 Å². The van der Waals surface area contributed by atoms with Crippen molar-refractivity contribution in [1.82, 2.24) is 5.43 Å². The third-order valence-corrected chi connectivity index (χ3v) is 3.47. The van der Waals surface area contributed by atoms with E-state index in [9.17, 15) is 4.79 Å². The second kappa shape index (κ2) is 6.86. The lowest BCUT2D eigenvalue weighted by molar-refractivity contribution is -0.139. The van der Waals surface area contributed by atoms with Crippen LogP contribution in [-0.2, 0) is 9.53 Å². The van der Waals surface area contributed by atoms with Gasteiger partial charge in [0.15, 0.2) is 0 Å². The predicted octanol–water partition coefficient (Wildman–Crippen LogP) is 1.74. The largest absolute Gasteiger partial charge is 0.365 e. The van der Waals surface area contributed by atoms with Crippen molar-refractivity contribution in [2.75, 3.05) is 0 Å². The highest BCUT2D eigenvalue weighted by Gasteiger charge is 2.26. The molecular formula is C12H24N2O2. The van der Waals surface area contributed by atoms with Crippen LogP contribution in [0.25, 0.3) is 0 Å². The van der Waals surface area contributed by atoms with Crippen molar-refractivity contribution < 1.29 is 9.53 Å². The zero-order valence-electron chi connectivity index (χ0n) is 10.4. The molecule has 0 aromatic rings. The quantitative estimate of drug-likeness (QED) is 0.428. The van der Waals surface area contributed by atoms with Crippen LogP contribution in [0.1, 0.15) is 52.4 Å². The minimum Gasteiger partial charge on any atom is -0.365 e. The molecule has 1 saturated carbocycles. The summed E-state index contributed by atoms with van der Waals surface area (Å²) in [7, 11) is 0. The fraction of sp³-hybridized carbons (Fsp3) is 0.917. The summed E-state index contributed by atoms with van der Waals surface area (Å²) < 4.78 is 5.83. The molecule has 3 atom stereocenters. The molecule has 3 N–H and O–H groups in total. The van der Waals surface area contributed by atoms with Gasteiger partial charge in [0.2, 0.25) is 0 Å². The number of amides is 1. The van der Waals surface area contributed by atoms with Crippen LogP contribution in [0.15, 0.2) is 0 Å². The van der Waals surface area contributed by atoms with Crippen molar-refractivity contribution in [3.05, 3.63) is 0 Å². The van der Waals surface area contributed by atoms with Crippen LogP contribution >= 0.6 is 0 Å². The van der Waals surface area contributed by atoms with Gasteiger partial charge in [0.25, 0.3) is 5.91 Å². The van der Waals surface area contributed by atoms with Crippen LogP contribution in [0, 0.1) is 5.92 Å². The van der Waals surface area contributed by atoms with Crippen LogP contribution in [-0.4, -0.2) is 18.1 Å². The molecule has 0 aromatic heterocycles. The standard InChI is InChI=1S/C12H24N2O2/c1-3-9-6-5-7-10(8-9)16-11(4-2)12(15)14-13/h9-11H,3-8,13H2,1-2H3,(H,14,15). The molecule has 4 nitrogen and oxygen atoms in total. The smallest absolute Gasteiger partial charge is 0.262 e. The molecule has 3 unspecified atom stereocenters. The first-order valence-electron chi connectivity index (χ1n) is 6.37. The van der Waals surface area contributed by atoms with E-state index in [1.165, 1.54) is 19.3 Å². The number of carbonyl (C=O) groups excluding carboxylic acids is 1. The fourth-order valence-corrected chi connectivity index (χ4v) is 2.40. The Morgan fingerprint density at radius 2 is 2.25 bits per heavy atom. The zero-order valence-corrected chi connectivity index (χ0v) is 10.4. The summed E-state index contributed by atoms with van der Waals surface area (Å²) in [6.07, 6.45) is 6.41. The lowest BCUT2D eigenvalue weighted by Gasteiger charge is -2.30.